The Morgan fingerprint density at radius 2 is 1.76 bits per heavy atom. The summed E-state index contributed by atoms with van der Waals surface area (Å²) in [5, 5.41) is 10.3. The Balaban J connectivity index is 2.37. The molecule has 1 aliphatic rings. The van der Waals surface area contributed by atoms with Gasteiger partial charge in [-0.25, -0.2) is 4.79 Å². The maximum Gasteiger partial charge on any atom is 0.342 e. The van der Waals surface area contributed by atoms with E-state index in [1.165, 1.54) is 6.07 Å². The quantitative estimate of drug-likeness (QED) is 0.622. The molecule has 25 heavy (non-hydrogen) atoms. The van der Waals surface area contributed by atoms with Gasteiger partial charge in [0.2, 0.25) is 0 Å². The number of hydrogen-bond donors (Lipinski definition) is 1. The van der Waals surface area contributed by atoms with E-state index in [4.69, 9.17) is 4.74 Å². The summed E-state index contributed by atoms with van der Waals surface area (Å²) in [4.78, 5) is 37.6. The molecule has 0 amide bonds. The molecule has 0 saturated carbocycles. The highest BCUT2D eigenvalue weighted by Gasteiger charge is 2.19. The maximum atomic E-state index is 12.3. The zero-order valence-electron chi connectivity index (χ0n) is 14.6. The summed E-state index contributed by atoms with van der Waals surface area (Å²) in [5.74, 6) is -1.48. The van der Waals surface area contributed by atoms with Gasteiger partial charge in [0.15, 0.2) is 11.6 Å². The number of benzene rings is 1. The van der Waals surface area contributed by atoms with Gasteiger partial charge >= 0.3 is 5.97 Å². The first-order valence-corrected chi connectivity index (χ1v) is 8.34. The molecule has 6 nitrogen and oxygen atoms in total. The van der Waals surface area contributed by atoms with E-state index in [9.17, 15) is 19.5 Å². The number of phenols is 1. The molecule has 1 aromatic rings. The Morgan fingerprint density at radius 3 is 2.48 bits per heavy atom. The Labute approximate surface area is 147 Å². The monoisotopic (exact) mass is 345 g/mol. The fraction of sp³-hybridized carbons (Fsp3) is 0.421. The van der Waals surface area contributed by atoms with Crippen molar-refractivity contribution in [3.8, 4) is 5.75 Å². The molecule has 0 aromatic heterocycles. The summed E-state index contributed by atoms with van der Waals surface area (Å²) in [7, 11) is 3.66. The van der Waals surface area contributed by atoms with Gasteiger partial charge in [0.1, 0.15) is 11.3 Å². The van der Waals surface area contributed by atoms with E-state index in [2.05, 4.69) is 0 Å². The molecule has 0 spiro atoms. The number of ketones is 2. The third-order valence-corrected chi connectivity index (χ3v) is 4.03. The number of rotatable bonds is 1. The van der Waals surface area contributed by atoms with Crippen molar-refractivity contribution >= 4 is 29.3 Å². The number of carbonyl (C=O) groups is 3. The van der Waals surface area contributed by atoms with Gasteiger partial charge in [-0.1, -0.05) is 12.2 Å². The van der Waals surface area contributed by atoms with E-state index in [1.807, 2.05) is 19.0 Å². The molecule has 1 aromatic carbocycles. The van der Waals surface area contributed by atoms with Crippen LogP contribution < -0.4 is 4.90 Å². The molecule has 0 bridgehead atoms. The first-order chi connectivity index (χ1) is 11.9. The van der Waals surface area contributed by atoms with E-state index in [1.54, 1.807) is 18.2 Å². The number of phenolic OH excluding ortho intramolecular Hbond substituents is 1. The van der Waals surface area contributed by atoms with Crippen LogP contribution in [0.25, 0.3) is 6.08 Å². The highest BCUT2D eigenvalue weighted by Crippen LogP contribution is 2.30. The van der Waals surface area contributed by atoms with Crippen LogP contribution in [0.4, 0.5) is 5.69 Å². The van der Waals surface area contributed by atoms with E-state index in [0.29, 0.717) is 24.8 Å². The molecule has 2 rings (SSSR count). The van der Waals surface area contributed by atoms with Gasteiger partial charge in [-0.2, -0.15) is 0 Å². The van der Waals surface area contributed by atoms with E-state index >= 15 is 0 Å². The molecule has 0 unspecified atom stereocenters. The van der Waals surface area contributed by atoms with Crippen LogP contribution in [0, 0.1) is 0 Å². The molecular weight excluding hydrogens is 322 g/mol. The van der Waals surface area contributed by atoms with Crippen molar-refractivity contribution < 1.29 is 24.2 Å². The van der Waals surface area contributed by atoms with Crippen molar-refractivity contribution in [2.75, 3.05) is 25.6 Å². The molecule has 0 aliphatic carbocycles. The predicted molar refractivity (Wildman–Crippen MR) is 94.8 cm³/mol. The number of hydrogen-bond acceptors (Lipinski definition) is 6. The van der Waals surface area contributed by atoms with Crippen LogP contribution in [-0.4, -0.2) is 43.3 Å². The van der Waals surface area contributed by atoms with Crippen molar-refractivity contribution in [3.63, 3.8) is 0 Å². The molecular formula is C19H23NO5. The summed E-state index contributed by atoms with van der Waals surface area (Å²) in [6.07, 6.45) is 5.10. The van der Waals surface area contributed by atoms with Gasteiger partial charge in [-0.15, -0.1) is 0 Å². The Hall–Kier alpha value is -2.63. The SMILES string of the molecule is CN(C)c1cc(O)c2c(c1)C=CCCC(=O)C(=O)CCCCOC2=O. The van der Waals surface area contributed by atoms with Gasteiger partial charge in [0.25, 0.3) is 0 Å². The lowest BCUT2D eigenvalue weighted by Crippen LogP contribution is -2.15. The molecule has 1 N–H and O–H groups in total. The maximum absolute atomic E-state index is 12.3. The normalized spacial score (nSPS) is 16.8. The molecule has 6 heteroatoms. The van der Waals surface area contributed by atoms with Crippen LogP contribution in [-0.2, 0) is 14.3 Å². The van der Waals surface area contributed by atoms with Gasteiger partial charge in [-0.3, -0.25) is 9.59 Å². The Bertz CT molecular complexity index is 706. The first kappa shape index (κ1) is 18.7. The highest BCUT2D eigenvalue weighted by molar-refractivity contribution is 6.37. The lowest BCUT2D eigenvalue weighted by Gasteiger charge is -2.16. The summed E-state index contributed by atoms with van der Waals surface area (Å²) in [6.45, 7) is 0.137. The van der Waals surface area contributed by atoms with Crippen molar-refractivity contribution in [2.45, 2.75) is 32.1 Å². The van der Waals surface area contributed by atoms with E-state index in [-0.39, 0.29) is 42.3 Å². The highest BCUT2D eigenvalue weighted by atomic mass is 16.5. The number of cyclic esters (lactones) is 1. The number of esters is 1. The smallest absolute Gasteiger partial charge is 0.342 e. The second-order valence-electron chi connectivity index (χ2n) is 6.20. The lowest BCUT2D eigenvalue weighted by atomic mass is 10.0. The molecule has 0 radical (unpaired) electrons. The topological polar surface area (TPSA) is 83.9 Å². The van der Waals surface area contributed by atoms with Gasteiger partial charge < -0.3 is 14.7 Å². The Morgan fingerprint density at radius 1 is 1.04 bits per heavy atom. The number of allylic oxidation sites excluding steroid dienone is 1. The molecule has 134 valence electrons. The van der Waals surface area contributed by atoms with Gasteiger partial charge in [0.05, 0.1) is 6.61 Å². The van der Waals surface area contributed by atoms with E-state index < -0.39 is 5.97 Å². The number of aromatic hydroxyl groups is 1. The van der Waals surface area contributed by atoms with Crippen LogP contribution >= 0.6 is 0 Å². The molecule has 1 aliphatic heterocycles. The van der Waals surface area contributed by atoms with Crippen molar-refractivity contribution in [3.05, 3.63) is 29.3 Å². The number of ether oxygens (including phenoxy) is 1. The number of carbonyl (C=O) groups excluding carboxylic acids is 3. The predicted octanol–water partition coefficient (Wildman–Crippen LogP) is 2.73. The van der Waals surface area contributed by atoms with Gasteiger partial charge in [0, 0.05) is 38.7 Å². The van der Waals surface area contributed by atoms with E-state index in [0.717, 1.165) is 5.69 Å². The average molecular weight is 345 g/mol. The van der Waals surface area contributed by atoms with Crippen molar-refractivity contribution in [2.24, 2.45) is 0 Å². The van der Waals surface area contributed by atoms with Crippen molar-refractivity contribution in [1.29, 1.82) is 0 Å². The molecule has 0 saturated heterocycles. The van der Waals surface area contributed by atoms with Gasteiger partial charge in [-0.05, 0) is 30.9 Å². The minimum absolute atomic E-state index is 0.112. The zero-order chi connectivity index (χ0) is 18.4. The number of anilines is 1. The fourth-order valence-corrected chi connectivity index (χ4v) is 2.57. The second kappa shape index (κ2) is 8.46. The van der Waals surface area contributed by atoms with Crippen molar-refractivity contribution in [1.82, 2.24) is 0 Å². The number of Topliss-reactive ketones (excluding diaryl/α,β-unsaturated/α-hetero) is 2. The number of nitrogens with zero attached hydrogens (tertiary/aromatic N) is 1. The standard InChI is InChI=1S/C19H23NO5/c1-20(2)14-11-13-7-3-4-8-15(21)16(22)9-5-6-10-25-19(24)18(13)17(23)12-14/h3,7,11-12,23H,4-6,8-10H2,1-2H3. The summed E-state index contributed by atoms with van der Waals surface area (Å²) in [5.41, 5.74) is 1.37. The summed E-state index contributed by atoms with van der Waals surface area (Å²) < 4.78 is 5.21. The number of fused-ring (bicyclic) bond motifs is 1. The summed E-state index contributed by atoms with van der Waals surface area (Å²) >= 11 is 0. The fourth-order valence-electron chi connectivity index (χ4n) is 2.57. The van der Waals surface area contributed by atoms with Crippen LogP contribution in [0.15, 0.2) is 18.2 Å². The Kier molecular flexibility index (Phi) is 6.33. The molecule has 1 heterocycles. The lowest BCUT2D eigenvalue weighted by molar-refractivity contribution is -0.136. The molecule has 0 fully saturated rings. The first-order valence-electron chi connectivity index (χ1n) is 8.34. The van der Waals surface area contributed by atoms with Crippen LogP contribution in [0.5, 0.6) is 5.75 Å². The van der Waals surface area contributed by atoms with Crippen LogP contribution in [0.2, 0.25) is 0 Å². The average Bonchev–Trinajstić information content (AvgIpc) is 2.56. The second-order valence-corrected chi connectivity index (χ2v) is 6.20. The molecule has 0 atom stereocenters. The third kappa shape index (κ3) is 4.92. The van der Waals surface area contributed by atoms with Crippen LogP contribution in [0.1, 0.15) is 48.0 Å². The van der Waals surface area contributed by atoms with Crippen LogP contribution in [0.3, 0.4) is 0 Å². The summed E-state index contributed by atoms with van der Waals surface area (Å²) in [6, 6.07) is 3.28. The third-order valence-electron chi connectivity index (χ3n) is 4.03. The largest absolute Gasteiger partial charge is 0.507 e. The minimum atomic E-state index is -0.595. The minimum Gasteiger partial charge on any atom is -0.507 e. The zero-order valence-corrected chi connectivity index (χ0v) is 14.6.